The van der Waals surface area contributed by atoms with Crippen LogP contribution in [0.4, 0.5) is 9.52 Å². The number of rotatable bonds is 6. The molecular formula is C22H17FN2O5S2. The van der Waals surface area contributed by atoms with Gasteiger partial charge in [-0.2, -0.15) is 0 Å². The number of hydrogen-bond donors (Lipinski definition) is 1. The summed E-state index contributed by atoms with van der Waals surface area (Å²) in [7, 11) is 0. The number of esters is 1. The summed E-state index contributed by atoms with van der Waals surface area (Å²) in [5.41, 5.74) is 0.635. The molecule has 0 aliphatic carbocycles. The van der Waals surface area contributed by atoms with Gasteiger partial charge in [0.15, 0.2) is 10.9 Å². The topological polar surface area (TPSA) is 96.8 Å². The first-order chi connectivity index (χ1) is 15.3. The second-order valence-corrected chi connectivity index (χ2v) is 8.75. The fraction of sp³-hybridized carbons (Fsp3) is 0.182. The highest BCUT2D eigenvalue weighted by Crippen LogP contribution is 2.44. The lowest BCUT2D eigenvalue weighted by Gasteiger charge is -2.24. The molecule has 3 aromatic rings. The summed E-state index contributed by atoms with van der Waals surface area (Å²) in [6.45, 7) is 3.45. The van der Waals surface area contributed by atoms with Gasteiger partial charge in [0.1, 0.15) is 10.7 Å². The molecule has 1 N–H and O–H groups in total. The lowest BCUT2D eigenvalue weighted by molar-refractivity contribution is -0.117. The Labute approximate surface area is 190 Å². The molecule has 7 nitrogen and oxygen atoms in total. The number of amides is 1. The predicted octanol–water partition coefficient (Wildman–Crippen LogP) is 4.61. The average Bonchev–Trinajstić information content (AvgIpc) is 3.48. The third kappa shape index (κ3) is 3.71. The van der Waals surface area contributed by atoms with E-state index in [1.54, 1.807) is 31.4 Å². The summed E-state index contributed by atoms with van der Waals surface area (Å²) >= 11 is 2.10. The normalized spacial score (nSPS) is 16.0. The van der Waals surface area contributed by atoms with Crippen molar-refractivity contribution in [3.8, 4) is 0 Å². The zero-order valence-electron chi connectivity index (χ0n) is 17.0. The molecule has 1 amide bonds. The van der Waals surface area contributed by atoms with Gasteiger partial charge >= 0.3 is 5.97 Å². The molecule has 0 bridgehead atoms. The summed E-state index contributed by atoms with van der Waals surface area (Å²) in [6.07, 6.45) is 0. The van der Waals surface area contributed by atoms with Crippen molar-refractivity contribution in [1.82, 2.24) is 4.98 Å². The smallest absolute Gasteiger partial charge is 0.350 e. The number of thiazole rings is 1. The average molecular weight is 473 g/mol. The predicted molar refractivity (Wildman–Crippen MR) is 118 cm³/mol. The first-order valence-electron chi connectivity index (χ1n) is 9.58. The van der Waals surface area contributed by atoms with Crippen molar-refractivity contribution in [2.24, 2.45) is 0 Å². The van der Waals surface area contributed by atoms with E-state index in [0.717, 1.165) is 16.2 Å². The Morgan fingerprint density at radius 1 is 1.25 bits per heavy atom. The molecule has 32 heavy (non-hydrogen) atoms. The lowest BCUT2D eigenvalue weighted by atomic mass is 9.95. The molecule has 0 unspecified atom stereocenters. The summed E-state index contributed by atoms with van der Waals surface area (Å²) in [4.78, 5) is 44.6. The molecule has 0 spiro atoms. The van der Waals surface area contributed by atoms with E-state index >= 15 is 0 Å². The Morgan fingerprint density at radius 3 is 2.59 bits per heavy atom. The van der Waals surface area contributed by atoms with E-state index in [0.29, 0.717) is 16.1 Å². The number of halogens is 1. The van der Waals surface area contributed by atoms with Crippen LogP contribution in [-0.4, -0.2) is 34.4 Å². The lowest BCUT2D eigenvalue weighted by Crippen LogP contribution is -2.31. The van der Waals surface area contributed by atoms with Gasteiger partial charge in [-0.25, -0.2) is 14.2 Å². The zero-order valence-corrected chi connectivity index (χ0v) is 18.6. The van der Waals surface area contributed by atoms with E-state index in [2.05, 4.69) is 4.98 Å². The van der Waals surface area contributed by atoms with E-state index in [-0.39, 0.29) is 22.2 Å². The number of ketones is 1. The van der Waals surface area contributed by atoms with Gasteiger partial charge in [0, 0.05) is 0 Å². The summed E-state index contributed by atoms with van der Waals surface area (Å²) in [5, 5.41) is 12.5. The number of benzene rings is 1. The van der Waals surface area contributed by atoms with Gasteiger partial charge in [-0.1, -0.05) is 29.5 Å². The number of aromatic nitrogens is 1. The van der Waals surface area contributed by atoms with E-state index in [4.69, 9.17) is 4.74 Å². The largest absolute Gasteiger partial charge is 0.503 e. The van der Waals surface area contributed by atoms with Crippen LogP contribution in [0.2, 0.25) is 0 Å². The molecule has 0 saturated carbocycles. The minimum atomic E-state index is -1.04. The van der Waals surface area contributed by atoms with Gasteiger partial charge in [0.25, 0.3) is 5.91 Å². The van der Waals surface area contributed by atoms with Crippen LogP contribution in [0.5, 0.6) is 0 Å². The van der Waals surface area contributed by atoms with Crippen LogP contribution in [-0.2, 0) is 9.53 Å². The molecule has 1 aliphatic heterocycles. The van der Waals surface area contributed by atoms with Crippen molar-refractivity contribution in [2.75, 3.05) is 11.5 Å². The first-order valence-corrected chi connectivity index (χ1v) is 11.3. The Kier molecular flexibility index (Phi) is 5.90. The van der Waals surface area contributed by atoms with Crippen molar-refractivity contribution in [2.45, 2.75) is 19.9 Å². The van der Waals surface area contributed by atoms with E-state index in [1.165, 1.54) is 35.6 Å². The molecule has 2 aromatic heterocycles. The number of thiophene rings is 1. The molecule has 164 valence electrons. The highest BCUT2D eigenvalue weighted by molar-refractivity contribution is 7.17. The van der Waals surface area contributed by atoms with Crippen LogP contribution in [0.3, 0.4) is 0 Å². The zero-order chi connectivity index (χ0) is 23.0. The van der Waals surface area contributed by atoms with Gasteiger partial charge in [0.2, 0.25) is 5.78 Å². The first kappa shape index (κ1) is 21.8. The Balaban J connectivity index is 1.84. The number of anilines is 1. The highest BCUT2D eigenvalue weighted by atomic mass is 32.1. The number of aryl methyl sites for hydroxylation is 1. The van der Waals surface area contributed by atoms with Crippen molar-refractivity contribution in [3.63, 3.8) is 0 Å². The van der Waals surface area contributed by atoms with Gasteiger partial charge in [0.05, 0.1) is 28.8 Å². The van der Waals surface area contributed by atoms with Crippen molar-refractivity contribution in [3.05, 3.63) is 79.9 Å². The number of aliphatic hydroxyl groups excluding tert-OH is 1. The Bertz CT molecular complexity index is 1230. The molecule has 10 heteroatoms. The number of carbonyl (C=O) groups is 3. The Hall–Kier alpha value is -3.37. The molecule has 1 aromatic carbocycles. The van der Waals surface area contributed by atoms with Crippen molar-refractivity contribution < 1.29 is 28.6 Å². The SMILES string of the molecule is CCOC(=O)c1sc(N2C(=O)C(O)=C(C(=O)c3cccs3)[C@@H]2c2ccc(F)cc2)nc1C. The second kappa shape index (κ2) is 8.64. The monoisotopic (exact) mass is 472 g/mol. The van der Waals surface area contributed by atoms with Crippen LogP contribution >= 0.6 is 22.7 Å². The maximum Gasteiger partial charge on any atom is 0.350 e. The number of aliphatic hydroxyl groups is 1. The van der Waals surface area contributed by atoms with Crippen LogP contribution in [0, 0.1) is 12.7 Å². The van der Waals surface area contributed by atoms with Gasteiger partial charge in [-0.3, -0.25) is 14.5 Å². The fourth-order valence-corrected chi connectivity index (χ4v) is 5.07. The summed E-state index contributed by atoms with van der Waals surface area (Å²) in [5.74, 6) is -3.11. The standard InChI is InChI=1S/C22H17FN2O5S2/c1-3-30-21(29)19-11(2)24-22(32-19)25-16(12-6-8-13(23)9-7-12)15(18(27)20(25)28)17(26)14-5-4-10-31-14/h4-10,16,27H,3H2,1-2H3/t16-/m0/s1. The molecule has 4 rings (SSSR count). The molecule has 1 atom stereocenters. The maximum absolute atomic E-state index is 13.6. The number of Topliss-reactive ketones (excluding diaryl/α,β-unsaturated/α-hetero) is 1. The van der Waals surface area contributed by atoms with Crippen LogP contribution < -0.4 is 4.90 Å². The van der Waals surface area contributed by atoms with Gasteiger partial charge in [-0.15, -0.1) is 11.3 Å². The number of hydrogen-bond acceptors (Lipinski definition) is 8. The van der Waals surface area contributed by atoms with Crippen molar-refractivity contribution >= 4 is 45.5 Å². The highest BCUT2D eigenvalue weighted by Gasteiger charge is 2.46. The number of nitrogens with zero attached hydrogens (tertiary/aromatic N) is 2. The quantitative estimate of drug-likeness (QED) is 0.416. The second-order valence-electron chi connectivity index (χ2n) is 6.83. The van der Waals surface area contributed by atoms with Crippen LogP contribution in [0.1, 0.15) is 43.6 Å². The third-order valence-corrected chi connectivity index (χ3v) is 6.84. The Morgan fingerprint density at radius 2 is 1.97 bits per heavy atom. The van der Waals surface area contributed by atoms with Gasteiger partial charge in [-0.05, 0) is 43.0 Å². The molecule has 0 saturated heterocycles. The van der Waals surface area contributed by atoms with Crippen LogP contribution in [0.15, 0.2) is 53.1 Å². The number of carbonyl (C=O) groups excluding carboxylic acids is 3. The maximum atomic E-state index is 13.6. The summed E-state index contributed by atoms with van der Waals surface area (Å²) < 4.78 is 18.6. The number of ether oxygens (including phenoxy) is 1. The van der Waals surface area contributed by atoms with E-state index in [1.807, 2.05) is 0 Å². The minimum Gasteiger partial charge on any atom is -0.503 e. The van der Waals surface area contributed by atoms with E-state index in [9.17, 15) is 23.9 Å². The van der Waals surface area contributed by atoms with Crippen LogP contribution in [0.25, 0.3) is 0 Å². The molecule has 0 fully saturated rings. The minimum absolute atomic E-state index is 0.116. The van der Waals surface area contributed by atoms with Gasteiger partial charge < -0.3 is 9.84 Å². The molecule has 0 radical (unpaired) electrons. The molecular weight excluding hydrogens is 455 g/mol. The molecule has 3 heterocycles. The van der Waals surface area contributed by atoms with E-state index < -0.39 is 35.3 Å². The van der Waals surface area contributed by atoms with Crippen molar-refractivity contribution in [1.29, 1.82) is 0 Å². The third-order valence-electron chi connectivity index (χ3n) is 4.84. The summed E-state index contributed by atoms with van der Waals surface area (Å²) in [6, 6.07) is 7.52. The molecule has 1 aliphatic rings. The fourth-order valence-electron chi connectivity index (χ4n) is 3.41.